The second-order valence-corrected chi connectivity index (χ2v) is 5.12. The van der Waals surface area contributed by atoms with Crippen LogP contribution in [0, 0.1) is 23.0 Å². The quantitative estimate of drug-likeness (QED) is 0.742. The first-order chi connectivity index (χ1) is 10.2. The van der Waals surface area contributed by atoms with Crippen molar-refractivity contribution in [2.45, 2.75) is 6.42 Å². The molecule has 3 aromatic rings. The Balaban J connectivity index is 1.87. The summed E-state index contributed by atoms with van der Waals surface area (Å²) in [6, 6.07) is 7.01. The monoisotopic (exact) mass is 303 g/mol. The zero-order chi connectivity index (χ0) is 14.8. The van der Waals surface area contributed by atoms with Crippen molar-refractivity contribution in [1.82, 2.24) is 10.1 Å². The summed E-state index contributed by atoms with van der Waals surface area (Å²) >= 11 is 1.31. The van der Waals surface area contributed by atoms with Crippen LogP contribution in [0.4, 0.5) is 8.78 Å². The minimum absolute atomic E-state index is 0.0862. The van der Waals surface area contributed by atoms with E-state index in [9.17, 15) is 8.78 Å². The fourth-order valence-corrected chi connectivity index (χ4v) is 2.58. The summed E-state index contributed by atoms with van der Waals surface area (Å²) in [7, 11) is 0. The van der Waals surface area contributed by atoms with Gasteiger partial charge < -0.3 is 4.52 Å². The molecule has 0 aliphatic heterocycles. The predicted molar refractivity (Wildman–Crippen MR) is 71.5 cm³/mol. The van der Waals surface area contributed by atoms with Gasteiger partial charge in [-0.1, -0.05) is 11.2 Å². The zero-order valence-corrected chi connectivity index (χ0v) is 11.3. The van der Waals surface area contributed by atoms with Gasteiger partial charge >= 0.3 is 0 Å². The van der Waals surface area contributed by atoms with Crippen LogP contribution in [0.25, 0.3) is 10.8 Å². The Morgan fingerprint density at radius 2 is 2.14 bits per heavy atom. The average molecular weight is 303 g/mol. The van der Waals surface area contributed by atoms with Crippen LogP contribution in [-0.4, -0.2) is 10.1 Å². The third-order valence-corrected chi connectivity index (χ3v) is 3.71. The average Bonchev–Trinajstić information content (AvgIpc) is 3.10. The van der Waals surface area contributed by atoms with E-state index in [1.165, 1.54) is 23.5 Å². The standard InChI is InChI=1S/C14H7F2N3OS/c15-10-2-1-8(11(16)6-10)5-12-18-14(20-19-12)13-9(7-17)3-4-21-13/h1-4,6H,5H2. The molecule has 0 spiro atoms. The molecule has 0 saturated carbocycles. The van der Waals surface area contributed by atoms with Crippen LogP contribution in [0.5, 0.6) is 0 Å². The van der Waals surface area contributed by atoms with Crippen molar-refractivity contribution in [2.75, 3.05) is 0 Å². The second-order valence-electron chi connectivity index (χ2n) is 4.20. The molecular formula is C14H7F2N3OS. The normalized spacial score (nSPS) is 10.5. The minimum atomic E-state index is -0.657. The molecule has 7 heteroatoms. The van der Waals surface area contributed by atoms with E-state index in [2.05, 4.69) is 10.1 Å². The lowest BCUT2D eigenvalue weighted by atomic mass is 10.1. The van der Waals surface area contributed by atoms with E-state index in [0.29, 0.717) is 10.4 Å². The number of nitrogens with zero attached hydrogens (tertiary/aromatic N) is 3. The third-order valence-electron chi connectivity index (χ3n) is 2.81. The number of hydrogen-bond donors (Lipinski definition) is 0. The summed E-state index contributed by atoms with van der Waals surface area (Å²) in [6.07, 6.45) is 0.0862. The molecule has 104 valence electrons. The first-order valence-corrected chi connectivity index (χ1v) is 6.80. The highest BCUT2D eigenvalue weighted by Gasteiger charge is 2.15. The highest BCUT2D eigenvalue weighted by atomic mass is 32.1. The summed E-state index contributed by atoms with van der Waals surface area (Å²) in [5.41, 5.74) is 0.721. The van der Waals surface area contributed by atoms with E-state index in [1.54, 1.807) is 11.4 Å². The maximum Gasteiger partial charge on any atom is 0.269 e. The zero-order valence-electron chi connectivity index (χ0n) is 10.5. The van der Waals surface area contributed by atoms with E-state index < -0.39 is 11.6 Å². The fraction of sp³-hybridized carbons (Fsp3) is 0.0714. The van der Waals surface area contributed by atoms with E-state index in [0.717, 1.165) is 6.07 Å². The maximum absolute atomic E-state index is 13.6. The van der Waals surface area contributed by atoms with Gasteiger partial charge in [0.15, 0.2) is 5.82 Å². The summed E-state index contributed by atoms with van der Waals surface area (Å²) < 4.78 is 31.5. The van der Waals surface area contributed by atoms with Gasteiger partial charge in [-0.3, -0.25) is 0 Å². The van der Waals surface area contributed by atoms with Gasteiger partial charge in [-0.15, -0.1) is 11.3 Å². The minimum Gasteiger partial charge on any atom is -0.333 e. The highest BCUT2D eigenvalue weighted by Crippen LogP contribution is 2.28. The maximum atomic E-state index is 13.6. The molecule has 0 amide bonds. The second kappa shape index (κ2) is 5.42. The van der Waals surface area contributed by atoms with Gasteiger partial charge in [-0.25, -0.2) is 8.78 Å². The lowest BCUT2D eigenvalue weighted by molar-refractivity contribution is 0.424. The molecule has 3 rings (SSSR count). The third kappa shape index (κ3) is 2.66. The molecule has 0 saturated heterocycles. The van der Waals surface area contributed by atoms with Crippen molar-refractivity contribution in [3.8, 4) is 16.8 Å². The van der Waals surface area contributed by atoms with E-state index in [4.69, 9.17) is 9.78 Å². The first-order valence-electron chi connectivity index (χ1n) is 5.92. The Morgan fingerprint density at radius 3 is 2.90 bits per heavy atom. The summed E-state index contributed by atoms with van der Waals surface area (Å²) in [6.45, 7) is 0. The van der Waals surface area contributed by atoms with E-state index in [-0.39, 0.29) is 23.7 Å². The van der Waals surface area contributed by atoms with Gasteiger partial charge in [0.25, 0.3) is 5.89 Å². The van der Waals surface area contributed by atoms with Crippen molar-refractivity contribution < 1.29 is 13.3 Å². The molecule has 0 unspecified atom stereocenters. The number of aromatic nitrogens is 2. The van der Waals surface area contributed by atoms with Crippen molar-refractivity contribution >= 4 is 11.3 Å². The Kier molecular flexibility index (Phi) is 3.46. The van der Waals surface area contributed by atoms with Crippen LogP contribution in [0.15, 0.2) is 34.2 Å². The van der Waals surface area contributed by atoms with Crippen molar-refractivity contribution in [2.24, 2.45) is 0 Å². The molecule has 0 aliphatic rings. The molecule has 21 heavy (non-hydrogen) atoms. The number of nitriles is 1. The van der Waals surface area contributed by atoms with Crippen LogP contribution in [0.3, 0.4) is 0 Å². The molecule has 1 aromatic carbocycles. The summed E-state index contributed by atoms with van der Waals surface area (Å²) in [5, 5.41) is 14.5. The van der Waals surface area contributed by atoms with Crippen LogP contribution < -0.4 is 0 Å². The predicted octanol–water partition coefficient (Wildman–Crippen LogP) is 3.54. The highest BCUT2D eigenvalue weighted by molar-refractivity contribution is 7.13. The molecule has 0 N–H and O–H groups in total. The number of rotatable bonds is 3. The summed E-state index contributed by atoms with van der Waals surface area (Å²) in [4.78, 5) is 4.72. The van der Waals surface area contributed by atoms with Crippen LogP contribution >= 0.6 is 11.3 Å². The lowest BCUT2D eigenvalue weighted by Crippen LogP contribution is -1.95. The van der Waals surface area contributed by atoms with Crippen molar-refractivity contribution in [3.63, 3.8) is 0 Å². The molecule has 2 heterocycles. The van der Waals surface area contributed by atoms with Gasteiger partial charge in [-0.2, -0.15) is 10.2 Å². The number of benzene rings is 1. The molecule has 0 bridgehead atoms. The van der Waals surface area contributed by atoms with Crippen LogP contribution in [0.1, 0.15) is 17.0 Å². The number of thiophene rings is 1. The Hall–Kier alpha value is -2.59. The number of hydrogen-bond acceptors (Lipinski definition) is 5. The van der Waals surface area contributed by atoms with Gasteiger partial charge in [0.2, 0.25) is 0 Å². The van der Waals surface area contributed by atoms with Gasteiger partial charge in [0, 0.05) is 12.5 Å². The lowest BCUT2D eigenvalue weighted by Gasteiger charge is -1.98. The molecule has 2 aromatic heterocycles. The van der Waals surface area contributed by atoms with Gasteiger partial charge in [-0.05, 0) is 23.1 Å². The molecule has 0 atom stereocenters. The van der Waals surface area contributed by atoms with Gasteiger partial charge in [0.1, 0.15) is 22.6 Å². The van der Waals surface area contributed by atoms with E-state index >= 15 is 0 Å². The SMILES string of the molecule is N#Cc1ccsc1-c1nc(Cc2ccc(F)cc2F)no1. The fourth-order valence-electron chi connectivity index (χ4n) is 1.82. The van der Waals surface area contributed by atoms with E-state index in [1.807, 2.05) is 6.07 Å². The molecular weight excluding hydrogens is 296 g/mol. The van der Waals surface area contributed by atoms with Crippen molar-refractivity contribution in [3.05, 3.63) is 58.2 Å². The molecule has 4 nitrogen and oxygen atoms in total. The van der Waals surface area contributed by atoms with Crippen LogP contribution in [-0.2, 0) is 6.42 Å². The first kappa shape index (κ1) is 13.4. The van der Waals surface area contributed by atoms with Crippen molar-refractivity contribution in [1.29, 1.82) is 5.26 Å². The van der Waals surface area contributed by atoms with Gasteiger partial charge in [0.05, 0.1) is 5.56 Å². The molecule has 0 fully saturated rings. The molecule has 0 aliphatic carbocycles. The Bertz CT molecular complexity index is 835. The largest absolute Gasteiger partial charge is 0.333 e. The number of halogens is 2. The smallest absolute Gasteiger partial charge is 0.269 e. The summed E-state index contributed by atoms with van der Waals surface area (Å²) in [5.74, 6) is -0.802. The Morgan fingerprint density at radius 1 is 1.29 bits per heavy atom. The van der Waals surface area contributed by atoms with Crippen LogP contribution in [0.2, 0.25) is 0 Å². The molecule has 0 radical (unpaired) electrons. The Labute approximate surface area is 122 Å². The topological polar surface area (TPSA) is 62.7 Å².